The van der Waals surface area contributed by atoms with E-state index in [1.165, 1.54) is 53.9 Å². The zero-order valence-corrected chi connectivity index (χ0v) is 40.6. The van der Waals surface area contributed by atoms with Gasteiger partial charge in [-0.2, -0.15) is 0 Å². The van der Waals surface area contributed by atoms with Crippen LogP contribution in [0.1, 0.15) is 11.1 Å². The average molecular weight is 975 g/mol. The Labute approximate surface area is 402 Å². The molecule has 0 N–H and O–H groups in total. The van der Waals surface area contributed by atoms with Crippen molar-refractivity contribution in [1.82, 2.24) is 19.6 Å². The SMILES string of the molecule is C1=CN(Cc2cccc3ccccc23)CN1CCP(c1ccccc1)c1ccccc1.C1=CN(Cc2cccc3ccccc23)CN1CCP(c1ccccc1)c1ccccc1.[Cl][Ni][Cl]. The van der Waals surface area contributed by atoms with Gasteiger partial charge in [-0.15, -0.1) is 0 Å². The first kappa shape index (κ1) is 46.4. The number of hydrogen-bond acceptors (Lipinski definition) is 4. The zero-order valence-electron chi connectivity index (χ0n) is 36.4. The van der Waals surface area contributed by atoms with Gasteiger partial charge in [0.15, 0.2) is 0 Å². The van der Waals surface area contributed by atoms with Gasteiger partial charge in [-0.25, -0.2) is 0 Å². The van der Waals surface area contributed by atoms with E-state index in [1.54, 1.807) is 0 Å². The van der Waals surface area contributed by atoms with Gasteiger partial charge in [-0.1, -0.05) is 206 Å². The van der Waals surface area contributed by atoms with E-state index < -0.39 is 0 Å². The minimum atomic E-state index is -0.347. The molecule has 9 heteroatoms. The summed E-state index contributed by atoms with van der Waals surface area (Å²) < 4.78 is 0. The van der Waals surface area contributed by atoms with Gasteiger partial charge in [-0.05, 0) is 82.1 Å². The summed E-state index contributed by atoms with van der Waals surface area (Å²) in [4.78, 5) is 9.73. The van der Waals surface area contributed by atoms with E-state index in [2.05, 4.69) is 251 Å². The molecule has 4 nitrogen and oxygen atoms in total. The van der Waals surface area contributed by atoms with Crippen LogP contribution in [0.4, 0.5) is 0 Å². The van der Waals surface area contributed by atoms with E-state index in [0.717, 1.165) is 51.8 Å². The summed E-state index contributed by atoms with van der Waals surface area (Å²) in [5.41, 5.74) is 2.78. The second-order valence-corrected chi connectivity index (χ2v) is 22.3. The van der Waals surface area contributed by atoms with Gasteiger partial charge < -0.3 is 19.6 Å². The van der Waals surface area contributed by atoms with Gasteiger partial charge in [-0.3, -0.25) is 0 Å². The summed E-state index contributed by atoms with van der Waals surface area (Å²) in [7, 11) is 8.71. The first-order valence-corrected chi connectivity index (χ1v) is 27.8. The number of halogens is 2. The van der Waals surface area contributed by atoms with E-state index in [4.69, 9.17) is 20.4 Å². The first-order chi connectivity index (χ1) is 32.1. The van der Waals surface area contributed by atoms with Crippen molar-refractivity contribution in [2.24, 2.45) is 0 Å². The topological polar surface area (TPSA) is 13.0 Å². The van der Waals surface area contributed by atoms with Crippen LogP contribution in [0.25, 0.3) is 21.5 Å². The van der Waals surface area contributed by atoms with Crippen molar-refractivity contribution in [3.8, 4) is 0 Å². The predicted molar refractivity (Wildman–Crippen MR) is 280 cm³/mol. The maximum atomic E-state index is 4.70. The van der Waals surface area contributed by atoms with E-state index in [9.17, 15) is 0 Å². The number of benzene rings is 8. The Kier molecular flexibility index (Phi) is 17.4. The van der Waals surface area contributed by atoms with Crippen molar-refractivity contribution in [1.29, 1.82) is 0 Å². The van der Waals surface area contributed by atoms with Crippen molar-refractivity contribution < 1.29 is 12.7 Å². The molecular weight excluding hydrogens is 920 g/mol. The molecule has 0 fully saturated rings. The summed E-state index contributed by atoms with van der Waals surface area (Å²) in [6.07, 6.45) is 11.3. The Hall–Kier alpha value is -5.11. The van der Waals surface area contributed by atoms with E-state index >= 15 is 0 Å². The minimum absolute atomic E-state index is 0.347. The fraction of sp³-hybridized carbons (Fsp3) is 0.143. The molecule has 10 rings (SSSR count). The molecule has 8 aromatic carbocycles. The standard InChI is InChI=1S/2C28H27N2P.2ClH.Ni/c2*1-3-13-26(14-4-1)31(27-15-5-2-6-16-27)21-20-29-18-19-30(23-29)22-25-12-9-11-24-10-7-8-17-28(24)25;;;/h2*1-19H,20-23H2;2*1H;/q;;;;+2/p-2. The van der Waals surface area contributed by atoms with Gasteiger partial charge in [0.25, 0.3) is 0 Å². The Morgan fingerprint density at radius 1 is 0.354 bits per heavy atom. The van der Waals surface area contributed by atoms with E-state index in [-0.39, 0.29) is 15.8 Å². The van der Waals surface area contributed by atoms with Crippen LogP contribution >= 0.6 is 36.2 Å². The second kappa shape index (κ2) is 24.4. The molecular formula is C56H54Cl2N4NiP2. The number of hydrogen-bond donors (Lipinski definition) is 0. The Bertz CT molecular complexity index is 2450. The Morgan fingerprint density at radius 3 is 1.00 bits per heavy atom. The summed E-state index contributed by atoms with van der Waals surface area (Å²) in [6, 6.07) is 74.6. The fourth-order valence-electron chi connectivity index (χ4n) is 8.53. The molecule has 0 radical (unpaired) electrons. The maximum absolute atomic E-state index is 4.70. The van der Waals surface area contributed by atoms with Crippen molar-refractivity contribution in [2.45, 2.75) is 13.1 Å². The van der Waals surface area contributed by atoms with Gasteiger partial charge in [0.2, 0.25) is 0 Å². The average Bonchev–Trinajstić information content (AvgIpc) is 4.03. The zero-order chi connectivity index (χ0) is 44.5. The molecule has 0 bridgehead atoms. The van der Waals surface area contributed by atoms with Crippen LogP contribution in [0.2, 0.25) is 0 Å². The van der Waals surface area contributed by atoms with Crippen molar-refractivity contribution in [3.05, 3.63) is 242 Å². The summed E-state index contributed by atoms with van der Waals surface area (Å²) in [6.45, 7) is 5.93. The normalized spacial score (nSPS) is 13.2. The molecule has 0 aliphatic carbocycles. The molecule has 332 valence electrons. The van der Waals surface area contributed by atoms with Crippen molar-refractivity contribution >= 4 is 79.0 Å². The Morgan fingerprint density at radius 2 is 0.646 bits per heavy atom. The van der Waals surface area contributed by atoms with Crippen molar-refractivity contribution in [2.75, 3.05) is 38.8 Å². The molecule has 2 aliphatic rings. The third kappa shape index (κ3) is 13.0. The molecule has 2 aliphatic heterocycles. The van der Waals surface area contributed by atoms with Gasteiger partial charge in [0.05, 0.1) is 13.3 Å². The van der Waals surface area contributed by atoms with Gasteiger partial charge in [0, 0.05) is 51.0 Å². The van der Waals surface area contributed by atoms with Crippen LogP contribution in [-0.4, -0.2) is 58.4 Å². The summed E-state index contributed by atoms with van der Waals surface area (Å²) >= 11 is 0.569. The number of fused-ring (bicyclic) bond motifs is 2. The fourth-order valence-corrected chi connectivity index (χ4v) is 13.2. The van der Waals surface area contributed by atoms with E-state index in [0.29, 0.717) is 12.7 Å². The molecule has 65 heavy (non-hydrogen) atoms. The molecule has 0 saturated heterocycles. The molecule has 0 unspecified atom stereocenters. The quantitative estimate of drug-likeness (QED) is 0.0795. The van der Waals surface area contributed by atoms with Crippen LogP contribution < -0.4 is 21.2 Å². The molecule has 0 saturated carbocycles. The summed E-state index contributed by atoms with van der Waals surface area (Å²) in [5, 5.41) is 11.2. The van der Waals surface area contributed by atoms with Crippen molar-refractivity contribution in [3.63, 3.8) is 0 Å². The number of nitrogens with zero attached hydrogens (tertiary/aromatic N) is 4. The molecule has 8 aromatic rings. The monoisotopic (exact) mass is 972 g/mol. The molecule has 0 amide bonds. The van der Waals surface area contributed by atoms with Crippen LogP contribution in [-0.2, 0) is 25.7 Å². The van der Waals surface area contributed by atoms with Gasteiger partial charge in [0.1, 0.15) is 0 Å². The molecule has 0 aromatic heterocycles. The second-order valence-electron chi connectivity index (χ2n) is 16.0. The Balaban J connectivity index is 0.000000167. The first-order valence-electron chi connectivity index (χ1n) is 22.0. The third-order valence-corrected chi connectivity index (χ3v) is 16.7. The van der Waals surface area contributed by atoms with Crippen LogP contribution in [0.3, 0.4) is 0 Å². The molecule has 0 atom stereocenters. The van der Waals surface area contributed by atoms with Gasteiger partial charge >= 0.3 is 33.0 Å². The van der Waals surface area contributed by atoms with Crippen LogP contribution in [0.15, 0.2) is 231 Å². The number of rotatable bonds is 14. The van der Waals surface area contributed by atoms with E-state index in [1.807, 2.05) is 0 Å². The summed E-state index contributed by atoms with van der Waals surface area (Å²) in [5.74, 6) is 0. The molecule has 2 heterocycles. The predicted octanol–water partition coefficient (Wildman–Crippen LogP) is 12.4. The van der Waals surface area contributed by atoms with Crippen LogP contribution in [0.5, 0.6) is 0 Å². The molecule has 0 spiro atoms. The third-order valence-electron chi connectivity index (χ3n) is 11.7. The van der Waals surface area contributed by atoms with Crippen LogP contribution in [0, 0.1) is 0 Å².